The maximum absolute atomic E-state index is 5.53. The second kappa shape index (κ2) is 6.36. The molecule has 0 aromatic carbocycles. The van der Waals surface area contributed by atoms with Crippen molar-refractivity contribution < 1.29 is 8.85 Å². The van der Waals surface area contributed by atoms with Gasteiger partial charge < -0.3 is 8.85 Å². The first-order valence-electron chi connectivity index (χ1n) is 4.32. The van der Waals surface area contributed by atoms with E-state index < -0.39 is 8.72 Å². The van der Waals surface area contributed by atoms with Crippen LogP contribution in [0.2, 0.25) is 6.55 Å². The van der Waals surface area contributed by atoms with Gasteiger partial charge in [0.15, 0.2) is 0 Å². The Morgan fingerprint density at radius 1 is 1.33 bits per heavy atom. The van der Waals surface area contributed by atoms with Crippen LogP contribution in [0.5, 0.6) is 0 Å². The van der Waals surface area contributed by atoms with Crippen LogP contribution in [-0.2, 0) is 8.85 Å². The second-order valence-corrected chi connectivity index (χ2v) is 5.30. The van der Waals surface area contributed by atoms with Crippen molar-refractivity contribution in [1.29, 1.82) is 0 Å². The summed E-state index contributed by atoms with van der Waals surface area (Å²) in [5.74, 6) is 0. The molecule has 0 aromatic heterocycles. The molecule has 0 saturated heterocycles. The van der Waals surface area contributed by atoms with Crippen molar-refractivity contribution in [2.75, 3.05) is 19.8 Å². The molecule has 0 atom stereocenters. The van der Waals surface area contributed by atoms with Gasteiger partial charge in [0.1, 0.15) is 0 Å². The van der Waals surface area contributed by atoms with E-state index in [0.29, 0.717) is 13.2 Å². The van der Waals surface area contributed by atoms with Crippen molar-refractivity contribution in [3.63, 3.8) is 0 Å². The summed E-state index contributed by atoms with van der Waals surface area (Å²) in [7, 11) is -2.09. The molecule has 0 heterocycles. The van der Waals surface area contributed by atoms with Crippen LogP contribution in [0.1, 0.15) is 13.8 Å². The van der Waals surface area contributed by atoms with E-state index in [0.717, 1.165) is 6.54 Å². The fourth-order valence-electron chi connectivity index (χ4n) is 0.952. The van der Waals surface area contributed by atoms with Crippen LogP contribution in [0.25, 0.3) is 0 Å². The van der Waals surface area contributed by atoms with Crippen LogP contribution in [0, 0.1) is 0 Å². The summed E-state index contributed by atoms with van der Waals surface area (Å²) in [6.45, 7) is 11.7. The Morgan fingerprint density at radius 2 is 1.83 bits per heavy atom. The van der Waals surface area contributed by atoms with E-state index >= 15 is 0 Å². The number of nitrogens with one attached hydrogen (secondary N) is 1. The summed E-state index contributed by atoms with van der Waals surface area (Å²) in [6, 6.07) is 0. The Kier molecular flexibility index (Phi) is 6.28. The zero-order valence-corrected chi connectivity index (χ0v) is 9.22. The quantitative estimate of drug-likeness (QED) is 0.485. The first kappa shape index (κ1) is 11.8. The van der Waals surface area contributed by atoms with Gasteiger partial charge in [0.2, 0.25) is 0 Å². The molecule has 0 aliphatic rings. The van der Waals surface area contributed by atoms with Gasteiger partial charge in [0.25, 0.3) is 0 Å². The first-order valence-corrected chi connectivity index (χ1v) is 6.64. The van der Waals surface area contributed by atoms with Gasteiger partial charge >= 0.3 is 8.72 Å². The molecule has 0 bridgehead atoms. The predicted molar refractivity (Wildman–Crippen MR) is 53.1 cm³/mol. The Bertz CT molecular complexity index is 124. The van der Waals surface area contributed by atoms with Crippen LogP contribution >= 0.6 is 0 Å². The van der Waals surface area contributed by atoms with Gasteiger partial charge in [0, 0.05) is 19.8 Å². The zero-order chi connectivity index (χ0) is 9.45. The van der Waals surface area contributed by atoms with E-state index in [1.165, 1.54) is 0 Å². The Hall–Kier alpha value is -0.163. The summed E-state index contributed by atoms with van der Waals surface area (Å²) < 4.78 is 11.1. The van der Waals surface area contributed by atoms with Crippen molar-refractivity contribution in [2.24, 2.45) is 0 Å². The Balaban J connectivity index is 3.88. The molecular weight excluding hydrogens is 170 g/mol. The first-order chi connectivity index (χ1) is 5.68. The molecular formula is C8H19NO2Si. The molecule has 3 nitrogen and oxygen atoms in total. The van der Waals surface area contributed by atoms with E-state index in [4.69, 9.17) is 8.85 Å². The molecule has 1 N–H and O–H groups in total. The molecule has 12 heavy (non-hydrogen) atoms. The molecule has 0 amide bonds. The lowest BCUT2D eigenvalue weighted by Gasteiger charge is -2.25. The highest BCUT2D eigenvalue weighted by atomic mass is 28.4. The highest BCUT2D eigenvalue weighted by Gasteiger charge is 2.29. The lowest BCUT2D eigenvalue weighted by Crippen LogP contribution is -2.53. The summed E-state index contributed by atoms with van der Waals surface area (Å²) >= 11 is 0. The van der Waals surface area contributed by atoms with Crippen molar-refractivity contribution in [3.8, 4) is 0 Å². The molecule has 0 saturated carbocycles. The molecule has 0 spiro atoms. The van der Waals surface area contributed by atoms with E-state index in [1.54, 1.807) is 0 Å². The maximum atomic E-state index is 5.53. The smallest absolute Gasteiger partial charge is 0.383 e. The maximum Gasteiger partial charge on any atom is 0.422 e. The number of rotatable bonds is 7. The topological polar surface area (TPSA) is 30.5 Å². The normalized spacial score (nSPS) is 11.6. The Labute approximate surface area is 76.1 Å². The molecule has 72 valence electrons. The van der Waals surface area contributed by atoms with Crippen molar-refractivity contribution >= 4 is 8.72 Å². The largest absolute Gasteiger partial charge is 0.422 e. The molecule has 4 heteroatoms. The van der Waals surface area contributed by atoms with Crippen LogP contribution < -0.4 is 4.98 Å². The average molecular weight is 189 g/mol. The van der Waals surface area contributed by atoms with E-state index in [9.17, 15) is 0 Å². The zero-order valence-electron chi connectivity index (χ0n) is 8.22. The summed E-state index contributed by atoms with van der Waals surface area (Å²) in [5.41, 5.74) is 0. The molecule has 0 radical (unpaired) electrons. The van der Waals surface area contributed by atoms with Gasteiger partial charge in [-0.05, 0) is 20.4 Å². The molecule has 0 unspecified atom stereocenters. The molecule has 0 aliphatic heterocycles. The van der Waals surface area contributed by atoms with Crippen LogP contribution in [0.15, 0.2) is 12.7 Å². The fourth-order valence-corrected chi connectivity index (χ4v) is 2.86. The van der Waals surface area contributed by atoms with Crippen molar-refractivity contribution in [1.82, 2.24) is 4.98 Å². The lowest BCUT2D eigenvalue weighted by atomic mass is 10.7. The van der Waals surface area contributed by atoms with Crippen molar-refractivity contribution in [2.45, 2.75) is 20.4 Å². The lowest BCUT2D eigenvalue weighted by molar-refractivity contribution is 0.179. The summed E-state index contributed by atoms with van der Waals surface area (Å²) in [6.07, 6.45) is 1.81. The van der Waals surface area contributed by atoms with Gasteiger partial charge in [0.05, 0.1) is 0 Å². The van der Waals surface area contributed by atoms with Gasteiger partial charge in [-0.3, -0.25) is 4.98 Å². The summed E-state index contributed by atoms with van der Waals surface area (Å²) in [4.78, 5) is 3.22. The highest BCUT2D eigenvalue weighted by Crippen LogP contribution is 2.01. The Morgan fingerprint density at radius 3 is 2.17 bits per heavy atom. The van der Waals surface area contributed by atoms with Crippen LogP contribution in [-0.4, -0.2) is 28.5 Å². The summed E-state index contributed by atoms with van der Waals surface area (Å²) in [5, 5.41) is 0. The third-order valence-electron chi connectivity index (χ3n) is 1.41. The van der Waals surface area contributed by atoms with E-state index in [-0.39, 0.29) is 0 Å². The average Bonchev–Trinajstić information content (AvgIpc) is 2.02. The molecule has 0 rings (SSSR count). The monoisotopic (exact) mass is 189 g/mol. The highest BCUT2D eigenvalue weighted by molar-refractivity contribution is 6.63. The minimum Gasteiger partial charge on any atom is -0.383 e. The predicted octanol–water partition coefficient (Wildman–Crippen LogP) is 1.40. The van der Waals surface area contributed by atoms with Crippen LogP contribution in [0.4, 0.5) is 0 Å². The third-order valence-corrected chi connectivity index (χ3v) is 3.93. The minimum absolute atomic E-state index is 0.687. The number of hydrogen-bond acceptors (Lipinski definition) is 3. The van der Waals surface area contributed by atoms with Crippen molar-refractivity contribution in [3.05, 3.63) is 12.7 Å². The standard InChI is InChI=1S/C8H19NO2Si/c1-5-8-9-12(4,10-6-2)11-7-3/h5,9H,1,6-8H2,2-4H3. The van der Waals surface area contributed by atoms with Gasteiger partial charge in [-0.15, -0.1) is 6.58 Å². The van der Waals surface area contributed by atoms with Gasteiger partial charge in [-0.1, -0.05) is 6.08 Å². The number of hydrogen-bond donors (Lipinski definition) is 1. The van der Waals surface area contributed by atoms with Gasteiger partial charge in [-0.25, -0.2) is 0 Å². The molecule has 0 fully saturated rings. The fraction of sp³-hybridized carbons (Fsp3) is 0.750. The molecule has 0 aromatic rings. The third kappa shape index (κ3) is 4.66. The van der Waals surface area contributed by atoms with Gasteiger partial charge in [-0.2, -0.15) is 0 Å². The van der Waals surface area contributed by atoms with E-state index in [2.05, 4.69) is 11.6 Å². The van der Waals surface area contributed by atoms with E-state index in [1.807, 2.05) is 26.5 Å². The minimum atomic E-state index is -2.09. The second-order valence-electron chi connectivity index (χ2n) is 2.48. The SMILES string of the molecule is C=CCN[Si](C)(OCC)OCC. The van der Waals surface area contributed by atoms with Crippen LogP contribution in [0.3, 0.4) is 0 Å². The molecule has 0 aliphatic carbocycles.